The van der Waals surface area contributed by atoms with E-state index in [9.17, 15) is 18.8 Å². The third-order valence-electron chi connectivity index (χ3n) is 5.07. The van der Waals surface area contributed by atoms with E-state index in [4.69, 9.17) is 9.47 Å². The number of para-hydroxylation sites is 1. The summed E-state index contributed by atoms with van der Waals surface area (Å²) in [4.78, 5) is 37.5. The molecule has 0 aliphatic heterocycles. The number of carbonyl (C=O) groups is 2. The van der Waals surface area contributed by atoms with Crippen molar-refractivity contribution in [3.8, 4) is 17.2 Å². The molecule has 0 saturated carbocycles. The van der Waals surface area contributed by atoms with Crippen LogP contribution in [0.5, 0.6) is 11.5 Å². The highest BCUT2D eigenvalue weighted by molar-refractivity contribution is 5.98. The number of nitrogens with zero attached hydrogens (tertiary/aromatic N) is 2. The van der Waals surface area contributed by atoms with Gasteiger partial charge in [0.1, 0.15) is 11.5 Å². The first-order chi connectivity index (χ1) is 16.7. The molecule has 9 nitrogen and oxygen atoms in total. The fraction of sp³-hybridized carbons (Fsp3) is 0.280. The van der Waals surface area contributed by atoms with Crippen molar-refractivity contribution in [3.05, 3.63) is 81.5 Å². The summed E-state index contributed by atoms with van der Waals surface area (Å²) in [5, 5.41) is 4.00. The monoisotopic (exact) mass is 482 g/mol. The first-order valence-electron chi connectivity index (χ1n) is 11.0. The van der Waals surface area contributed by atoms with Crippen LogP contribution in [-0.4, -0.2) is 35.3 Å². The van der Waals surface area contributed by atoms with Crippen molar-refractivity contribution >= 4 is 11.8 Å². The largest absolute Gasteiger partial charge is 0.493 e. The van der Waals surface area contributed by atoms with Gasteiger partial charge in [-0.2, -0.15) is 5.10 Å². The number of hydrazine groups is 1. The lowest BCUT2D eigenvalue weighted by Crippen LogP contribution is -2.44. The highest BCUT2D eigenvalue weighted by atomic mass is 19.1. The number of methoxy groups -OCH3 is 1. The molecule has 1 heterocycles. The van der Waals surface area contributed by atoms with Crippen LogP contribution >= 0.6 is 0 Å². The highest BCUT2D eigenvalue weighted by Crippen LogP contribution is 2.28. The number of ether oxygens (including phenoxy) is 2. The van der Waals surface area contributed by atoms with Crippen molar-refractivity contribution in [2.45, 2.75) is 27.2 Å². The van der Waals surface area contributed by atoms with Crippen LogP contribution in [0.4, 0.5) is 4.39 Å². The van der Waals surface area contributed by atoms with Crippen molar-refractivity contribution in [1.29, 1.82) is 0 Å². The molecule has 2 amide bonds. The molecule has 2 N–H and O–H groups in total. The number of amides is 2. The number of carbonyl (C=O) groups excluding carboxylic acids is 2. The minimum atomic E-state index is -0.950. The summed E-state index contributed by atoms with van der Waals surface area (Å²) < 4.78 is 26.4. The van der Waals surface area contributed by atoms with Crippen LogP contribution in [-0.2, 0) is 0 Å². The maximum atomic E-state index is 14.2. The van der Waals surface area contributed by atoms with Crippen molar-refractivity contribution in [1.82, 2.24) is 20.6 Å². The first kappa shape index (κ1) is 25.4. The average molecular weight is 483 g/mol. The van der Waals surface area contributed by atoms with Crippen LogP contribution in [0, 0.1) is 18.7 Å². The Labute approximate surface area is 201 Å². The molecule has 2 aromatic carbocycles. The molecule has 0 spiro atoms. The average Bonchev–Trinajstić information content (AvgIpc) is 2.83. The first-order valence-corrected chi connectivity index (χ1v) is 11.0. The van der Waals surface area contributed by atoms with Crippen LogP contribution in [0.25, 0.3) is 5.69 Å². The minimum absolute atomic E-state index is 0.0749. The van der Waals surface area contributed by atoms with Gasteiger partial charge in [0.2, 0.25) is 5.43 Å². The number of aryl methyl sites for hydroxylation is 1. The molecule has 3 aromatic rings. The fourth-order valence-electron chi connectivity index (χ4n) is 3.15. The number of benzene rings is 2. The molecule has 35 heavy (non-hydrogen) atoms. The Kier molecular flexibility index (Phi) is 8.19. The van der Waals surface area contributed by atoms with Gasteiger partial charge in [0, 0.05) is 17.3 Å². The van der Waals surface area contributed by atoms with Gasteiger partial charge in [-0.15, -0.1) is 0 Å². The summed E-state index contributed by atoms with van der Waals surface area (Å²) in [6, 6.07) is 11.6. The zero-order chi connectivity index (χ0) is 25.5. The van der Waals surface area contributed by atoms with E-state index in [2.05, 4.69) is 29.8 Å². The summed E-state index contributed by atoms with van der Waals surface area (Å²) in [6.07, 6.45) is 0.864. The van der Waals surface area contributed by atoms with Crippen LogP contribution < -0.4 is 25.8 Å². The van der Waals surface area contributed by atoms with E-state index >= 15 is 0 Å². The summed E-state index contributed by atoms with van der Waals surface area (Å²) in [5.41, 5.74) is 3.83. The molecule has 10 heteroatoms. The number of aromatic nitrogens is 2. The molecule has 0 saturated heterocycles. The Balaban J connectivity index is 1.73. The predicted octanol–water partition coefficient (Wildman–Crippen LogP) is 3.19. The summed E-state index contributed by atoms with van der Waals surface area (Å²) >= 11 is 0. The SMILES string of the molecule is COc1cc(C(=O)NNC(=O)c2nn(-c3ccccc3F)c(C)cc2=O)ccc1OCCC(C)C. The predicted molar refractivity (Wildman–Crippen MR) is 127 cm³/mol. The fourth-order valence-corrected chi connectivity index (χ4v) is 3.15. The molecule has 0 radical (unpaired) electrons. The van der Waals surface area contributed by atoms with Gasteiger partial charge >= 0.3 is 0 Å². The van der Waals surface area contributed by atoms with Gasteiger partial charge in [0.05, 0.1) is 13.7 Å². The van der Waals surface area contributed by atoms with Gasteiger partial charge < -0.3 is 9.47 Å². The summed E-state index contributed by atoms with van der Waals surface area (Å²) in [7, 11) is 1.46. The molecule has 0 bridgehead atoms. The number of hydrogen-bond donors (Lipinski definition) is 2. The van der Waals surface area contributed by atoms with Gasteiger partial charge in [-0.1, -0.05) is 26.0 Å². The minimum Gasteiger partial charge on any atom is -0.493 e. The molecular formula is C25H27FN4O5. The second kappa shape index (κ2) is 11.3. The standard InChI is InChI=1S/C25H27FN4O5/c1-15(2)11-12-35-21-10-9-17(14-22(21)34-4)24(32)27-28-25(33)23-20(31)13-16(3)30(29-23)19-8-6-5-7-18(19)26/h5-10,13-15H,11-12H2,1-4H3,(H,27,32)(H,28,33). The van der Waals surface area contributed by atoms with E-state index in [0.717, 1.165) is 11.1 Å². The quantitative estimate of drug-likeness (QED) is 0.477. The van der Waals surface area contributed by atoms with E-state index in [1.807, 2.05) is 0 Å². The van der Waals surface area contributed by atoms with E-state index in [1.165, 1.54) is 43.5 Å². The maximum absolute atomic E-state index is 14.2. The molecule has 0 aliphatic rings. The lowest BCUT2D eigenvalue weighted by molar-refractivity contribution is 0.0842. The van der Waals surface area contributed by atoms with Crippen molar-refractivity contribution in [2.75, 3.05) is 13.7 Å². The second-order valence-corrected chi connectivity index (χ2v) is 8.17. The molecule has 3 rings (SSSR count). The summed E-state index contributed by atoms with van der Waals surface area (Å²) in [6.45, 7) is 6.24. The highest BCUT2D eigenvalue weighted by Gasteiger charge is 2.18. The van der Waals surface area contributed by atoms with Crippen LogP contribution in [0.3, 0.4) is 0 Å². The summed E-state index contributed by atoms with van der Waals surface area (Å²) in [5.74, 6) is -0.835. The number of rotatable bonds is 8. The normalized spacial score (nSPS) is 10.7. The smallest absolute Gasteiger partial charge is 0.294 e. The molecule has 1 aromatic heterocycles. The molecule has 0 aliphatic carbocycles. The number of hydrogen-bond acceptors (Lipinski definition) is 6. The second-order valence-electron chi connectivity index (χ2n) is 8.17. The van der Waals surface area contributed by atoms with Gasteiger partial charge in [-0.05, 0) is 49.6 Å². The van der Waals surface area contributed by atoms with Crippen LogP contribution in [0.1, 0.15) is 46.8 Å². The van der Waals surface area contributed by atoms with Crippen molar-refractivity contribution in [3.63, 3.8) is 0 Å². The van der Waals surface area contributed by atoms with Crippen molar-refractivity contribution in [2.24, 2.45) is 5.92 Å². The van der Waals surface area contributed by atoms with Gasteiger partial charge in [-0.3, -0.25) is 25.2 Å². The molecule has 0 atom stereocenters. The van der Waals surface area contributed by atoms with Crippen LogP contribution in [0.2, 0.25) is 0 Å². The number of halogens is 1. The Morgan fingerprint density at radius 3 is 2.46 bits per heavy atom. The van der Waals surface area contributed by atoms with Crippen molar-refractivity contribution < 1.29 is 23.5 Å². The molecule has 0 unspecified atom stereocenters. The zero-order valence-electron chi connectivity index (χ0n) is 19.9. The lowest BCUT2D eigenvalue weighted by atomic mass is 10.1. The van der Waals surface area contributed by atoms with Gasteiger partial charge in [-0.25, -0.2) is 9.07 Å². The van der Waals surface area contributed by atoms with Gasteiger partial charge in [0.15, 0.2) is 17.2 Å². The number of nitrogens with one attached hydrogen (secondary N) is 2. The third kappa shape index (κ3) is 6.23. The van der Waals surface area contributed by atoms with E-state index < -0.39 is 28.8 Å². The Morgan fingerprint density at radius 2 is 1.77 bits per heavy atom. The van der Waals surface area contributed by atoms with Gasteiger partial charge in [0.25, 0.3) is 11.8 Å². The van der Waals surface area contributed by atoms with E-state index in [-0.39, 0.29) is 11.3 Å². The maximum Gasteiger partial charge on any atom is 0.294 e. The molecule has 0 fully saturated rings. The van der Waals surface area contributed by atoms with E-state index in [0.29, 0.717) is 29.7 Å². The molecule has 184 valence electrons. The zero-order valence-corrected chi connectivity index (χ0v) is 19.9. The molecular weight excluding hydrogens is 455 g/mol. The Morgan fingerprint density at radius 1 is 1.06 bits per heavy atom. The third-order valence-corrected chi connectivity index (χ3v) is 5.07. The Bertz CT molecular complexity index is 1290. The lowest BCUT2D eigenvalue weighted by Gasteiger charge is -2.14. The van der Waals surface area contributed by atoms with E-state index in [1.54, 1.807) is 19.1 Å². The Hall–Kier alpha value is -4.21. The topological polar surface area (TPSA) is 112 Å². The van der Waals surface area contributed by atoms with Crippen LogP contribution in [0.15, 0.2) is 53.3 Å².